The summed E-state index contributed by atoms with van der Waals surface area (Å²) in [6.45, 7) is 2.48. The smallest absolute Gasteiger partial charge is 0.306 e. The van der Waals surface area contributed by atoms with Gasteiger partial charge >= 0.3 is 5.97 Å². The molecule has 0 spiro atoms. The van der Waals surface area contributed by atoms with Gasteiger partial charge < -0.3 is 9.47 Å². The number of aromatic nitrogens is 1. The minimum Gasteiger partial charge on any atom is -0.494 e. The van der Waals surface area contributed by atoms with Crippen molar-refractivity contribution in [1.29, 1.82) is 0 Å². The Bertz CT molecular complexity index is 715. The second-order valence-corrected chi connectivity index (χ2v) is 6.57. The van der Waals surface area contributed by atoms with Gasteiger partial charge in [0, 0.05) is 6.42 Å². The zero-order chi connectivity index (χ0) is 17.5. The molecule has 0 aliphatic carbocycles. The van der Waals surface area contributed by atoms with Crippen LogP contribution < -0.4 is 4.74 Å². The third-order valence-electron chi connectivity index (χ3n) is 3.11. The monoisotopic (exact) mass is 389 g/mol. The summed E-state index contributed by atoms with van der Waals surface area (Å²) in [6.07, 6.45) is -0.521. The average molecular weight is 390 g/mol. The van der Waals surface area contributed by atoms with E-state index in [0.29, 0.717) is 11.6 Å². The number of halogens is 2. The summed E-state index contributed by atoms with van der Waals surface area (Å²) < 4.78 is 11.4. The molecule has 1 aromatic heterocycles. The largest absolute Gasteiger partial charge is 0.494 e. The molecule has 0 aliphatic rings. The van der Waals surface area contributed by atoms with Gasteiger partial charge in [0.25, 0.3) is 0 Å². The molecular weight excluding hydrogens is 373 g/mol. The van der Waals surface area contributed by atoms with Gasteiger partial charge in [-0.2, -0.15) is 0 Å². The number of thiazole rings is 1. The maximum Gasteiger partial charge on any atom is 0.306 e. The van der Waals surface area contributed by atoms with E-state index in [4.69, 9.17) is 32.7 Å². The fourth-order valence-electron chi connectivity index (χ4n) is 1.95. The first kappa shape index (κ1) is 19.0. The van der Waals surface area contributed by atoms with Crippen molar-refractivity contribution in [2.75, 3.05) is 18.4 Å². The molecule has 0 bridgehead atoms. The minimum atomic E-state index is -0.532. The predicted molar refractivity (Wildman–Crippen MR) is 95.7 cm³/mol. The summed E-state index contributed by atoms with van der Waals surface area (Å²) in [7, 11) is 0. The second kappa shape index (κ2) is 9.20. The van der Waals surface area contributed by atoms with E-state index in [1.54, 1.807) is 0 Å². The van der Waals surface area contributed by atoms with Crippen molar-refractivity contribution in [3.05, 3.63) is 23.2 Å². The van der Waals surface area contributed by atoms with E-state index >= 15 is 0 Å². The van der Waals surface area contributed by atoms with Gasteiger partial charge in [0.05, 0.1) is 35.0 Å². The van der Waals surface area contributed by atoms with Crippen molar-refractivity contribution < 1.29 is 19.1 Å². The number of Topliss-reactive ketones (excluding diaryl/α,β-unsaturated/α-hetero) is 1. The number of esters is 1. The normalized spacial score (nSPS) is 11.0. The quantitative estimate of drug-likeness (QED) is 0.367. The lowest BCUT2D eigenvalue weighted by Gasteiger charge is -2.11. The van der Waals surface area contributed by atoms with Crippen molar-refractivity contribution in [2.24, 2.45) is 0 Å². The molecule has 5 nitrogen and oxygen atoms in total. The van der Waals surface area contributed by atoms with Crippen molar-refractivity contribution in [1.82, 2.24) is 4.98 Å². The van der Waals surface area contributed by atoms with E-state index in [9.17, 15) is 9.59 Å². The van der Waals surface area contributed by atoms with E-state index in [0.717, 1.165) is 16.0 Å². The molecular formula is C16H17Cl2NO4S. The fourth-order valence-corrected chi connectivity index (χ4v) is 3.37. The number of fused-ring (bicyclic) bond motifs is 1. The van der Waals surface area contributed by atoms with Gasteiger partial charge in [-0.15, -0.1) is 34.5 Å². The molecule has 0 unspecified atom stereocenters. The third kappa shape index (κ3) is 5.06. The molecule has 130 valence electrons. The van der Waals surface area contributed by atoms with Gasteiger partial charge in [-0.05, 0) is 25.1 Å². The number of rotatable bonds is 9. The number of benzene rings is 1. The van der Waals surface area contributed by atoms with Crippen LogP contribution in [0.3, 0.4) is 0 Å². The number of ketones is 1. The Morgan fingerprint density at radius 3 is 2.67 bits per heavy atom. The molecule has 0 saturated heterocycles. The Hall–Kier alpha value is -1.37. The van der Waals surface area contributed by atoms with Crippen LogP contribution in [0.15, 0.2) is 18.2 Å². The molecule has 8 heteroatoms. The predicted octanol–water partition coefficient (Wildman–Crippen LogP) is 4.05. The molecule has 0 N–H and O–H groups in total. The first-order valence-electron chi connectivity index (χ1n) is 7.45. The van der Waals surface area contributed by atoms with Gasteiger partial charge in [-0.3, -0.25) is 9.59 Å². The highest BCUT2D eigenvalue weighted by molar-refractivity contribution is 7.20. The van der Waals surface area contributed by atoms with Crippen LogP contribution in [0.5, 0.6) is 5.75 Å². The number of carbonyl (C=O) groups is 2. The Labute approximate surface area is 153 Å². The maximum atomic E-state index is 12.2. The molecule has 2 rings (SSSR count). The average Bonchev–Trinajstić information content (AvgIpc) is 3.01. The number of carbonyl (C=O) groups excluding carboxylic acids is 2. The molecule has 0 atom stereocenters. The zero-order valence-corrected chi connectivity index (χ0v) is 15.4. The summed E-state index contributed by atoms with van der Waals surface area (Å²) in [5, 5.41) is 0.373. The SMILES string of the molecule is CCOc1ccc2nc(C(=O)CCC(=O)OC(CCl)CCl)sc2c1. The van der Waals surface area contributed by atoms with Crippen LogP contribution in [-0.4, -0.2) is 41.2 Å². The number of ether oxygens (including phenoxy) is 2. The summed E-state index contributed by atoms with van der Waals surface area (Å²) in [5.74, 6) is 0.310. The van der Waals surface area contributed by atoms with Gasteiger partial charge in [-0.25, -0.2) is 4.98 Å². The molecule has 2 aromatic rings. The van der Waals surface area contributed by atoms with Crippen molar-refractivity contribution >= 4 is 56.5 Å². The van der Waals surface area contributed by atoms with E-state index in [2.05, 4.69) is 4.98 Å². The van der Waals surface area contributed by atoms with Gasteiger partial charge in [0.1, 0.15) is 11.9 Å². The van der Waals surface area contributed by atoms with Crippen LogP contribution in [-0.2, 0) is 9.53 Å². The molecule has 24 heavy (non-hydrogen) atoms. The Morgan fingerprint density at radius 2 is 2.00 bits per heavy atom. The van der Waals surface area contributed by atoms with Crippen molar-refractivity contribution in [3.8, 4) is 5.75 Å². The van der Waals surface area contributed by atoms with Gasteiger partial charge in [0.15, 0.2) is 10.8 Å². The highest BCUT2D eigenvalue weighted by Gasteiger charge is 2.17. The highest BCUT2D eigenvalue weighted by Crippen LogP contribution is 2.27. The lowest BCUT2D eigenvalue weighted by atomic mass is 10.2. The Kier molecular flexibility index (Phi) is 7.27. The lowest BCUT2D eigenvalue weighted by molar-refractivity contribution is -0.147. The van der Waals surface area contributed by atoms with Crippen LogP contribution in [0, 0.1) is 0 Å². The molecule has 0 radical (unpaired) electrons. The molecule has 0 aliphatic heterocycles. The van der Waals surface area contributed by atoms with E-state index in [-0.39, 0.29) is 30.4 Å². The fraction of sp³-hybridized carbons (Fsp3) is 0.438. The number of hydrogen-bond donors (Lipinski definition) is 0. The highest BCUT2D eigenvalue weighted by atomic mass is 35.5. The zero-order valence-electron chi connectivity index (χ0n) is 13.1. The first-order chi connectivity index (χ1) is 11.6. The molecule has 0 fully saturated rings. The molecule has 0 amide bonds. The van der Waals surface area contributed by atoms with E-state index < -0.39 is 12.1 Å². The minimum absolute atomic E-state index is 0.0246. The van der Waals surface area contributed by atoms with E-state index in [1.807, 2.05) is 25.1 Å². The third-order valence-corrected chi connectivity index (χ3v) is 4.86. The molecule has 0 saturated carbocycles. The van der Waals surface area contributed by atoms with Crippen LogP contribution in [0.4, 0.5) is 0 Å². The summed E-state index contributed by atoms with van der Waals surface area (Å²) in [6, 6.07) is 5.48. The van der Waals surface area contributed by atoms with Crippen LogP contribution in [0.25, 0.3) is 10.2 Å². The number of hydrogen-bond acceptors (Lipinski definition) is 6. The van der Waals surface area contributed by atoms with Crippen molar-refractivity contribution in [3.63, 3.8) is 0 Å². The number of alkyl halides is 2. The standard InChI is InChI=1S/C16H17Cl2NO4S/c1-2-22-10-3-4-12-14(7-10)24-16(19-12)13(20)5-6-15(21)23-11(8-17)9-18/h3-4,7,11H,2,5-6,8-9H2,1H3. The van der Waals surface area contributed by atoms with Gasteiger partial charge in [-0.1, -0.05) is 0 Å². The summed E-state index contributed by atoms with van der Waals surface area (Å²) in [4.78, 5) is 28.2. The second-order valence-electron chi connectivity index (χ2n) is 4.93. The summed E-state index contributed by atoms with van der Waals surface area (Å²) in [5.41, 5.74) is 0.735. The molecule has 1 heterocycles. The number of nitrogens with zero attached hydrogens (tertiary/aromatic N) is 1. The van der Waals surface area contributed by atoms with Crippen LogP contribution >= 0.6 is 34.5 Å². The summed E-state index contributed by atoms with van der Waals surface area (Å²) >= 11 is 12.5. The topological polar surface area (TPSA) is 65.5 Å². The lowest BCUT2D eigenvalue weighted by Crippen LogP contribution is -2.21. The van der Waals surface area contributed by atoms with Gasteiger partial charge in [0.2, 0.25) is 0 Å². The first-order valence-corrected chi connectivity index (χ1v) is 9.34. The van der Waals surface area contributed by atoms with Crippen molar-refractivity contribution in [2.45, 2.75) is 25.9 Å². The Balaban J connectivity index is 1.97. The van der Waals surface area contributed by atoms with Crippen LogP contribution in [0.1, 0.15) is 29.6 Å². The Morgan fingerprint density at radius 1 is 1.25 bits per heavy atom. The van der Waals surface area contributed by atoms with Crippen LogP contribution in [0.2, 0.25) is 0 Å². The maximum absolute atomic E-state index is 12.2. The molecule has 1 aromatic carbocycles. The van der Waals surface area contributed by atoms with E-state index in [1.165, 1.54) is 11.3 Å².